The zero-order valence-electron chi connectivity index (χ0n) is 12.9. The van der Waals surface area contributed by atoms with Crippen LogP contribution in [0.15, 0.2) is 60.1 Å². The summed E-state index contributed by atoms with van der Waals surface area (Å²) in [7, 11) is -4.14. The van der Waals surface area contributed by atoms with E-state index < -0.39 is 16.1 Å². The lowest BCUT2D eigenvalue weighted by Crippen LogP contribution is -2.36. The van der Waals surface area contributed by atoms with Crippen LogP contribution >= 0.6 is 23.5 Å². The summed E-state index contributed by atoms with van der Waals surface area (Å²) < 4.78 is 29.0. The van der Waals surface area contributed by atoms with Crippen molar-refractivity contribution in [2.45, 2.75) is 4.90 Å². The van der Waals surface area contributed by atoms with E-state index in [9.17, 15) is 13.2 Å². The highest BCUT2D eigenvalue weighted by atomic mass is 35.5. The van der Waals surface area contributed by atoms with Crippen molar-refractivity contribution in [2.24, 2.45) is 0 Å². The van der Waals surface area contributed by atoms with Gasteiger partial charge in [0.1, 0.15) is 10.7 Å². The molecule has 2 aromatic rings. The number of aromatic nitrogens is 1. The van der Waals surface area contributed by atoms with Crippen LogP contribution in [0.5, 0.6) is 0 Å². The van der Waals surface area contributed by atoms with E-state index in [1.54, 1.807) is 36.5 Å². The lowest BCUT2D eigenvalue weighted by atomic mass is 10.3. The van der Waals surface area contributed by atoms with Gasteiger partial charge in [-0.15, -0.1) is 6.58 Å². The smallest absolute Gasteiger partial charge is 0.338 e. The number of benzene rings is 1. The van der Waals surface area contributed by atoms with Gasteiger partial charge in [0.05, 0.1) is 5.02 Å². The number of carbonyl (C=O) groups excluding carboxylic acids is 1. The molecule has 0 radical (unpaired) electrons. The topological polar surface area (TPSA) is 100 Å². The largest absolute Gasteiger partial charge is 0.340 e. The maximum Gasteiger partial charge on any atom is 0.338 e. The number of anilines is 2. The van der Waals surface area contributed by atoms with Crippen molar-refractivity contribution < 1.29 is 13.2 Å². The normalized spacial score (nSPS) is 10.8. The summed E-state index contributed by atoms with van der Waals surface area (Å²) >= 11 is 6.99. The molecular formula is C15H15ClN4O3S2. The molecule has 2 amide bonds. The van der Waals surface area contributed by atoms with Crippen molar-refractivity contribution >= 4 is 51.1 Å². The van der Waals surface area contributed by atoms with Gasteiger partial charge < -0.3 is 5.32 Å². The van der Waals surface area contributed by atoms with Gasteiger partial charge in [-0.25, -0.2) is 22.9 Å². The predicted octanol–water partition coefficient (Wildman–Crippen LogP) is 3.30. The molecule has 25 heavy (non-hydrogen) atoms. The third kappa shape index (κ3) is 5.66. The number of nitrogens with one attached hydrogen (secondary N) is 3. The Morgan fingerprint density at radius 3 is 2.80 bits per heavy atom. The molecule has 0 aliphatic heterocycles. The van der Waals surface area contributed by atoms with E-state index in [-0.39, 0.29) is 9.92 Å². The Morgan fingerprint density at radius 1 is 1.32 bits per heavy atom. The molecule has 2 rings (SSSR count). The number of halogens is 1. The van der Waals surface area contributed by atoms with E-state index in [2.05, 4.69) is 21.6 Å². The van der Waals surface area contributed by atoms with Crippen LogP contribution < -0.4 is 14.8 Å². The fraction of sp³-hybridized carbons (Fsp3) is 0.0667. The van der Waals surface area contributed by atoms with Crippen molar-refractivity contribution in [3.63, 3.8) is 0 Å². The maximum atomic E-state index is 12.4. The van der Waals surface area contributed by atoms with Crippen LogP contribution in [0.2, 0.25) is 5.02 Å². The highest BCUT2D eigenvalue weighted by molar-refractivity contribution is 7.98. The maximum absolute atomic E-state index is 12.4. The molecule has 0 aliphatic carbocycles. The molecule has 0 bridgehead atoms. The average Bonchev–Trinajstić information content (AvgIpc) is 2.57. The second kappa shape index (κ2) is 8.75. The first-order valence-electron chi connectivity index (χ1n) is 6.95. The highest BCUT2D eigenvalue weighted by Crippen LogP contribution is 2.26. The summed E-state index contributed by atoms with van der Waals surface area (Å²) in [6.07, 6.45) is 3.17. The second-order valence-electron chi connectivity index (χ2n) is 4.62. The zero-order chi connectivity index (χ0) is 18.3. The first-order chi connectivity index (χ1) is 11.9. The molecule has 1 heterocycles. The fourth-order valence-corrected chi connectivity index (χ4v) is 3.62. The van der Waals surface area contributed by atoms with E-state index >= 15 is 0 Å². The van der Waals surface area contributed by atoms with Gasteiger partial charge in [-0.2, -0.15) is 0 Å². The van der Waals surface area contributed by atoms with E-state index in [0.717, 1.165) is 11.9 Å². The van der Waals surface area contributed by atoms with E-state index in [1.807, 2.05) is 4.72 Å². The lowest BCUT2D eigenvalue weighted by Gasteiger charge is -2.11. The molecule has 0 saturated heterocycles. The molecule has 0 aliphatic rings. The molecular weight excluding hydrogens is 384 g/mol. The number of sulfonamides is 1. The molecule has 0 fully saturated rings. The van der Waals surface area contributed by atoms with Crippen molar-refractivity contribution in [1.82, 2.24) is 14.4 Å². The third-order valence-electron chi connectivity index (χ3n) is 2.75. The van der Waals surface area contributed by atoms with Gasteiger partial charge >= 0.3 is 6.03 Å². The molecule has 132 valence electrons. The summed E-state index contributed by atoms with van der Waals surface area (Å²) in [5.74, 6) is 0.984. The number of carbonyl (C=O) groups is 1. The first kappa shape index (κ1) is 19.1. The Balaban J connectivity index is 2.17. The number of rotatable bonds is 7. The summed E-state index contributed by atoms with van der Waals surface area (Å²) in [5, 5.41) is 2.95. The Labute approximate surface area is 155 Å². The minimum Gasteiger partial charge on any atom is -0.340 e. The number of hydrogen-bond acceptors (Lipinski definition) is 6. The number of urea groups is 1. The molecule has 10 heteroatoms. The molecule has 0 saturated carbocycles. The summed E-state index contributed by atoms with van der Waals surface area (Å²) in [6.45, 7) is 3.50. The van der Waals surface area contributed by atoms with Crippen molar-refractivity contribution in [2.75, 3.05) is 11.1 Å². The van der Waals surface area contributed by atoms with Crippen LogP contribution in [0.4, 0.5) is 16.3 Å². The van der Waals surface area contributed by atoms with E-state index in [0.29, 0.717) is 17.3 Å². The average molecular weight is 399 g/mol. The van der Waals surface area contributed by atoms with E-state index in [1.165, 1.54) is 12.1 Å². The minimum absolute atomic E-state index is 0.00869. The Morgan fingerprint density at radius 2 is 2.12 bits per heavy atom. The van der Waals surface area contributed by atoms with Crippen LogP contribution in [-0.2, 0) is 10.0 Å². The fourth-order valence-electron chi connectivity index (χ4n) is 1.74. The Kier molecular flexibility index (Phi) is 6.68. The standard InChI is InChI=1S/C15H15ClN4O3S2/c1-2-9-24-19-15(21)20-25(22,23)13-10-11(6-7-12(13)16)18-14-5-3-4-8-17-14/h2-8,10H,1,9H2,(H,17,18)(H2,19,20,21). The van der Waals surface area contributed by atoms with Gasteiger partial charge in [-0.05, 0) is 42.3 Å². The van der Waals surface area contributed by atoms with Crippen LogP contribution in [0.25, 0.3) is 0 Å². The van der Waals surface area contributed by atoms with Gasteiger partial charge in [-0.3, -0.25) is 4.72 Å². The number of pyridine rings is 1. The summed E-state index contributed by atoms with van der Waals surface area (Å²) in [5.41, 5.74) is 0.463. The molecule has 1 aromatic heterocycles. The van der Waals surface area contributed by atoms with Crippen molar-refractivity contribution in [3.8, 4) is 0 Å². The Hall–Kier alpha value is -2.23. The summed E-state index contributed by atoms with van der Waals surface area (Å²) in [6, 6.07) is 8.76. The number of hydrogen-bond donors (Lipinski definition) is 3. The quantitative estimate of drug-likeness (QED) is 0.376. The van der Waals surface area contributed by atoms with Crippen LogP contribution in [0.1, 0.15) is 0 Å². The van der Waals surface area contributed by atoms with Gasteiger partial charge in [0.25, 0.3) is 10.0 Å². The molecule has 1 aromatic carbocycles. The molecule has 0 unspecified atom stereocenters. The third-order valence-corrected chi connectivity index (χ3v) is 5.30. The molecule has 7 nitrogen and oxygen atoms in total. The van der Waals surface area contributed by atoms with Gasteiger partial charge in [0, 0.05) is 17.6 Å². The predicted molar refractivity (Wildman–Crippen MR) is 100 cm³/mol. The van der Waals surface area contributed by atoms with Gasteiger partial charge in [0.15, 0.2) is 0 Å². The van der Waals surface area contributed by atoms with Crippen LogP contribution in [0, 0.1) is 0 Å². The highest BCUT2D eigenvalue weighted by Gasteiger charge is 2.21. The van der Waals surface area contributed by atoms with Crippen molar-refractivity contribution in [3.05, 3.63) is 60.3 Å². The SMILES string of the molecule is C=CCSNC(=O)NS(=O)(=O)c1cc(Nc2ccccn2)ccc1Cl. The van der Waals surface area contributed by atoms with Crippen LogP contribution in [-0.4, -0.2) is 25.2 Å². The molecule has 3 N–H and O–H groups in total. The minimum atomic E-state index is -4.14. The van der Waals surface area contributed by atoms with Gasteiger partial charge in [0.2, 0.25) is 0 Å². The Bertz CT molecular complexity index is 860. The molecule has 0 atom stereocenters. The number of amides is 2. The monoisotopic (exact) mass is 398 g/mol. The zero-order valence-corrected chi connectivity index (χ0v) is 15.3. The van der Waals surface area contributed by atoms with Crippen LogP contribution in [0.3, 0.4) is 0 Å². The lowest BCUT2D eigenvalue weighted by molar-refractivity contribution is 0.251. The number of nitrogens with zero attached hydrogens (tertiary/aromatic N) is 1. The summed E-state index contributed by atoms with van der Waals surface area (Å²) in [4.78, 5) is 15.5. The van der Waals surface area contributed by atoms with Gasteiger partial charge in [-0.1, -0.05) is 23.7 Å². The molecule has 0 spiro atoms. The second-order valence-corrected chi connectivity index (χ2v) is 7.51. The first-order valence-corrected chi connectivity index (χ1v) is 9.80. The van der Waals surface area contributed by atoms with Crippen molar-refractivity contribution in [1.29, 1.82) is 0 Å². The van der Waals surface area contributed by atoms with E-state index in [4.69, 9.17) is 11.6 Å².